The Labute approximate surface area is 86.2 Å². The van der Waals surface area contributed by atoms with Gasteiger partial charge in [0.15, 0.2) is 0 Å². The number of carbonyl (C=O) groups is 1. The summed E-state index contributed by atoms with van der Waals surface area (Å²) in [7, 11) is 0. The van der Waals surface area contributed by atoms with Crippen LogP contribution in [-0.4, -0.2) is 35.5 Å². The third-order valence-electron chi connectivity index (χ3n) is 2.61. The number of amides is 1. The highest BCUT2D eigenvalue weighted by atomic mass is 16.2. The maximum absolute atomic E-state index is 12.0. The molecular formula is C11H20N2O. The van der Waals surface area contributed by atoms with Crippen LogP contribution >= 0.6 is 0 Å². The van der Waals surface area contributed by atoms with E-state index in [1.807, 2.05) is 18.7 Å². The molecule has 0 aliphatic carbocycles. The van der Waals surface area contributed by atoms with Gasteiger partial charge in [0.1, 0.15) is 0 Å². The Morgan fingerprint density at radius 3 is 2.93 bits per heavy atom. The van der Waals surface area contributed by atoms with Crippen molar-refractivity contribution < 1.29 is 4.79 Å². The lowest BCUT2D eigenvalue weighted by Gasteiger charge is -2.29. The molecule has 1 fully saturated rings. The summed E-state index contributed by atoms with van der Waals surface area (Å²) in [5.74, 6) is 0.168. The Morgan fingerprint density at radius 1 is 1.71 bits per heavy atom. The number of hydrogen-bond donors (Lipinski definition) is 1. The van der Waals surface area contributed by atoms with Crippen LogP contribution in [-0.2, 0) is 4.79 Å². The Morgan fingerprint density at radius 2 is 2.36 bits per heavy atom. The van der Waals surface area contributed by atoms with Gasteiger partial charge in [0.05, 0.1) is 5.54 Å². The van der Waals surface area contributed by atoms with Crippen LogP contribution in [0.15, 0.2) is 12.7 Å². The second-order valence-corrected chi connectivity index (χ2v) is 4.50. The summed E-state index contributed by atoms with van der Waals surface area (Å²) in [5, 5.41) is 3.33. The van der Waals surface area contributed by atoms with E-state index in [2.05, 4.69) is 18.8 Å². The van der Waals surface area contributed by atoms with E-state index in [1.54, 1.807) is 6.08 Å². The standard InChI is InChI=1S/C11H20N2O/c1-5-7-13-8-6-9(2)12-11(3,4)10(13)14/h5,9,12H,1,6-8H2,2-4H3. The van der Waals surface area contributed by atoms with Gasteiger partial charge in [-0.25, -0.2) is 0 Å². The molecule has 1 N–H and O–H groups in total. The molecule has 1 aliphatic heterocycles. The van der Waals surface area contributed by atoms with Gasteiger partial charge in [-0.1, -0.05) is 6.08 Å². The fourth-order valence-corrected chi connectivity index (χ4v) is 1.93. The Balaban J connectivity index is 2.80. The topological polar surface area (TPSA) is 32.3 Å². The van der Waals surface area contributed by atoms with Gasteiger partial charge in [0, 0.05) is 19.1 Å². The van der Waals surface area contributed by atoms with Crippen molar-refractivity contribution in [3.63, 3.8) is 0 Å². The first-order chi connectivity index (χ1) is 6.47. The van der Waals surface area contributed by atoms with Crippen LogP contribution < -0.4 is 5.32 Å². The van der Waals surface area contributed by atoms with E-state index < -0.39 is 5.54 Å². The highest BCUT2D eigenvalue weighted by Crippen LogP contribution is 2.15. The predicted molar refractivity (Wildman–Crippen MR) is 58.1 cm³/mol. The largest absolute Gasteiger partial charge is 0.337 e. The molecule has 0 saturated carbocycles. The zero-order valence-corrected chi connectivity index (χ0v) is 9.34. The zero-order chi connectivity index (χ0) is 10.8. The van der Waals surface area contributed by atoms with Gasteiger partial charge in [-0.15, -0.1) is 6.58 Å². The quantitative estimate of drug-likeness (QED) is 0.672. The molecule has 0 spiro atoms. The van der Waals surface area contributed by atoms with Crippen LogP contribution in [0.5, 0.6) is 0 Å². The highest BCUT2D eigenvalue weighted by Gasteiger charge is 2.35. The first-order valence-electron chi connectivity index (χ1n) is 5.15. The molecule has 1 atom stereocenters. The zero-order valence-electron chi connectivity index (χ0n) is 9.34. The van der Waals surface area contributed by atoms with Gasteiger partial charge < -0.3 is 10.2 Å². The van der Waals surface area contributed by atoms with Crippen molar-refractivity contribution in [2.45, 2.75) is 38.8 Å². The van der Waals surface area contributed by atoms with Crippen LogP contribution in [0.1, 0.15) is 27.2 Å². The van der Waals surface area contributed by atoms with E-state index in [0.29, 0.717) is 12.6 Å². The fourth-order valence-electron chi connectivity index (χ4n) is 1.93. The Kier molecular flexibility index (Phi) is 3.32. The number of nitrogens with one attached hydrogen (secondary N) is 1. The second-order valence-electron chi connectivity index (χ2n) is 4.50. The molecule has 1 amide bonds. The summed E-state index contributed by atoms with van der Waals surface area (Å²) in [6.07, 6.45) is 2.78. The first kappa shape index (κ1) is 11.2. The third kappa shape index (κ3) is 2.35. The maximum atomic E-state index is 12.0. The van der Waals surface area contributed by atoms with E-state index in [0.717, 1.165) is 13.0 Å². The molecule has 3 heteroatoms. The van der Waals surface area contributed by atoms with E-state index in [9.17, 15) is 4.79 Å². The van der Waals surface area contributed by atoms with Gasteiger partial charge in [-0.05, 0) is 27.2 Å². The highest BCUT2D eigenvalue weighted by molar-refractivity contribution is 5.86. The lowest BCUT2D eigenvalue weighted by molar-refractivity contribution is -0.135. The molecule has 0 aromatic rings. The molecule has 1 rings (SSSR count). The molecule has 3 nitrogen and oxygen atoms in total. The minimum Gasteiger partial charge on any atom is -0.337 e. The van der Waals surface area contributed by atoms with Gasteiger partial charge in [0.2, 0.25) is 5.91 Å². The SMILES string of the molecule is C=CCN1CCC(C)NC(C)(C)C1=O. The monoisotopic (exact) mass is 196 g/mol. The molecule has 0 aromatic carbocycles. The number of carbonyl (C=O) groups excluding carboxylic acids is 1. The molecule has 14 heavy (non-hydrogen) atoms. The minimum atomic E-state index is -0.446. The number of hydrogen-bond acceptors (Lipinski definition) is 2. The van der Waals surface area contributed by atoms with Crippen molar-refractivity contribution in [2.24, 2.45) is 0 Å². The van der Waals surface area contributed by atoms with Crippen molar-refractivity contribution in [3.8, 4) is 0 Å². The summed E-state index contributed by atoms with van der Waals surface area (Å²) in [6, 6.07) is 0.392. The molecule has 1 aliphatic rings. The van der Waals surface area contributed by atoms with Crippen LogP contribution in [0.25, 0.3) is 0 Å². The Hall–Kier alpha value is -0.830. The van der Waals surface area contributed by atoms with Crippen LogP contribution in [0.3, 0.4) is 0 Å². The average Bonchev–Trinajstić information content (AvgIpc) is 2.17. The molecular weight excluding hydrogens is 176 g/mol. The predicted octanol–water partition coefficient (Wildman–Crippen LogP) is 1.16. The van der Waals surface area contributed by atoms with Crippen molar-refractivity contribution in [1.82, 2.24) is 10.2 Å². The normalized spacial score (nSPS) is 27.2. The summed E-state index contributed by atoms with van der Waals surface area (Å²) in [4.78, 5) is 13.9. The van der Waals surface area contributed by atoms with E-state index in [1.165, 1.54) is 0 Å². The smallest absolute Gasteiger partial charge is 0.242 e. The number of rotatable bonds is 2. The maximum Gasteiger partial charge on any atom is 0.242 e. The molecule has 0 bridgehead atoms. The van der Waals surface area contributed by atoms with Crippen molar-refractivity contribution in [2.75, 3.05) is 13.1 Å². The van der Waals surface area contributed by atoms with Crippen LogP contribution in [0, 0.1) is 0 Å². The fraction of sp³-hybridized carbons (Fsp3) is 0.727. The number of nitrogens with zero attached hydrogens (tertiary/aromatic N) is 1. The molecule has 80 valence electrons. The average molecular weight is 196 g/mol. The van der Waals surface area contributed by atoms with Crippen molar-refractivity contribution in [1.29, 1.82) is 0 Å². The summed E-state index contributed by atoms with van der Waals surface area (Å²) >= 11 is 0. The van der Waals surface area contributed by atoms with E-state index in [-0.39, 0.29) is 5.91 Å². The lowest BCUT2D eigenvalue weighted by atomic mass is 10.0. The van der Waals surface area contributed by atoms with Crippen LogP contribution in [0.2, 0.25) is 0 Å². The molecule has 0 radical (unpaired) electrons. The van der Waals surface area contributed by atoms with Gasteiger partial charge in [0.25, 0.3) is 0 Å². The molecule has 1 heterocycles. The first-order valence-corrected chi connectivity index (χ1v) is 5.15. The summed E-state index contributed by atoms with van der Waals surface area (Å²) < 4.78 is 0. The summed E-state index contributed by atoms with van der Waals surface area (Å²) in [6.45, 7) is 11.1. The Bertz CT molecular complexity index is 235. The van der Waals surface area contributed by atoms with Crippen molar-refractivity contribution >= 4 is 5.91 Å². The second kappa shape index (κ2) is 4.13. The lowest BCUT2D eigenvalue weighted by Crippen LogP contribution is -2.53. The minimum absolute atomic E-state index is 0.168. The summed E-state index contributed by atoms with van der Waals surface area (Å²) in [5.41, 5.74) is -0.446. The van der Waals surface area contributed by atoms with Crippen LogP contribution in [0.4, 0.5) is 0 Å². The van der Waals surface area contributed by atoms with Gasteiger partial charge >= 0.3 is 0 Å². The molecule has 0 aromatic heterocycles. The van der Waals surface area contributed by atoms with Gasteiger partial charge in [-0.2, -0.15) is 0 Å². The molecule has 1 saturated heterocycles. The molecule has 1 unspecified atom stereocenters. The van der Waals surface area contributed by atoms with E-state index >= 15 is 0 Å². The van der Waals surface area contributed by atoms with Crippen molar-refractivity contribution in [3.05, 3.63) is 12.7 Å². The van der Waals surface area contributed by atoms with E-state index in [4.69, 9.17) is 0 Å². The third-order valence-corrected chi connectivity index (χ3v) is 2.61. The van der Waals surface area contributed by atoms with Gasteiger partial charge in [-0.3, -0.25) is 4.79 Å².